The average molecular weight is 380 g/mol. The molecule has 26 heavy (non-hydrogen) atoms. The molecule has 1 saturated carbocycles. The van der Waals surface area contributed by atoms with E-state index >= 15 is 0 Å². The number of piperazine rings is 1. The van der Waals surface area contributed by atoms with E-state index in [0.29, 0.717) is 12.5 Å². The third-order valence-corrected chi connectivity index (χ3v) is 6.88. The van der Waals surface area contributed by atoms with Crippen molar-refractivity contribution in [3.63, 3.8) is 0 Å². The molecule has 0 bridgehead atoms. The lowest BCUT2D eigenvalue weighted by molar-refractivity contribution is -0.122. The van der Waals surface area contributed by atoms with Gasteiger partial charge in [0.05, 0.1) is 17.0 Å². The van der Waals surface area contributed by atoms with Crippen molar-refractivity contribution in [1.29, 1.82) is 0 Å². The summed E-state index contributed by atoms with van der Waals surface area (Å²) in [6, 6.07) is 5.88. The largest absolute Gasteiger partial charge is 0.354 e. The van der Waals surface area contributed by atoms with E-state index in [1.807, 2.05) is 6.92 Å². The van der Waals surface area contributed by atoms with Gasteiger partial charge in [0, 0.05) is 25.2 Å². The Morgan fingerprint density at radius 3 is 2.77 bits per heavy atom. The van der Waals surface area contributed by atoms with Crippen molar-refractivity contribution in [2.45, 2.75) is 30.2 Å². The summed E-state index contributed by atoms with van der Waals surface area (Å²) in [4.78, 5) is 24.1. The number of nitrogens with zero attached hydrogens (tertiary/aromatic N) is 1. The topological polar surface area (TPSA) is 122 Å². The zero-order valence-electron chi connectivity index (χ0n) is 14.7. The Morgan fingerprint density at radius 2 is 2.15 bits per heavy atom. The van der Waals surface area contributed by atoms with Gasteiger partial charge in [0.2, 0.25) is 15.9 Å². The fourth-order valence-electron chi connectivity index (χ4n) is 3.14. The summed E-state index contributed by atoms with van der Waals surface area (Å²) < 4.78 is 26.6. The molecule has 4 N–H and O–H groups in total. The minimum Gasteiger partial charge on any atom is -0.354 e. The number of hydrogen-bond acceptors (Lipinski definition) is 5. The van der Waals surface area contributed by atoms with Gasteiger partial charge in [-0.05, 0) is 43.9 Å². The summed E-state index contributed by atoms with van der Waals surface area (Å²) in [6.45, 7) is 2.50. The van der Waals surface area contributed by atoms with Crippen LogP contribution < -0.4 is 16.4 Å². The SMILES string of the molecule is CC(CN)(NC(=O)c1cccc(S(=O)(=O)N2CCNC(=O)C2)c1)C1CC1. The summed E-state index contributed by atoms with van der Waals surface area (Å²) in [7, 11) is -3.84. The number of rotatable bonds is 6. The molecule has 0 aromatic heterocycles. The molecule has 2 fully saturated rings. The highest BCUT2D eigenvalue weighted by Crippen LogP contribution is 2.39. The van der Waals surface area contributed by atoms with Crippen molar-refractivity contribution < 1.29 is 18.0 Å². The van der Waals surface area contributed by atoms with Crippen LogP contribution in [0.4, 0.5) is 0 Å². The molecule has 3 rings (SSSR count). The smallest absolute Gasteiger partial charge is 0.251 e. The minimum atomic E-state index is -3.84. The molecule has 1 heterocycles. The van der Waals surface area contributed by atoms with Gasteiger partial charge in [0.15, 0.2) is 0 Å². The maximum atomic E-state index is 12.8. The molecule has 142 valence electrons. The van der Waals surface area contributed by atoms with Crippen molar-refractivity contribution in [1.82, 2.24) is 14.9 Å². The van der Waals surface area contributed by atoms with Gasteiger partial charge < -0.3 is 16.4 Å². The summed E-state index contributed by atoms with van der Waals surface area (Å²) in [5.74, 6) is -0.328. The number of hydrogen-bond donors (Lipinski definition) is 3. The van der Waals surface area contributed by atoms with Crippen LogP contribution >= 0.6 is 0 Å². The summed E-state index contributed by atoms with van der Waals surface area (Å²) in [5.41, 5.74) is 5.60. The summed E-state index contributed by atoms with van der Waals surface area (Å²) in [5, 5.41) is 5.54. The molecule has 1 aromatic rings. The van der Waals surface area contributed by atoms with E-state index in [-0.39, 0.29) is 41.9 Å². The number of carbonyl (C=O) groups is 2. The van der Waals surface area contributed by atoms with Crippen LogP contribution in [-0.2, 0) is 14.8 Å². The van der Waals surface area contributed by atoms with Crippen LogP contribution in [0.5, 0.6) is 0 Å². The van der Waals surface area contributed by atoms with Gasteiger partial charge in [0.1, 0.15) is 0 Å². The normalized spacial score (nSPS) is 20.9. The minimum absolute atomic E-state index is 0.000670. The molecule has 0 radical (unpaired) electrons. The third kappa shape index (κ3) is 3.74. The first-order valence-corrected chi connectivity index (χ1v) is 10.1. The van der Waals surface area contributed by atoms with Gasteiger partial charge in [0.25, 0.3) is 5.91 Å². The van der Waals surface area contributed by atoms with Crippen LogP contribution in [-0.4, -0.2) is 56.3 Å². The first kappa shape index (κ1) is 18.8. The fourth-order valence-corrected chi connectivity index (χ4v) is 4.58. The van der Waals surface area contributed by atoms with Crippen molar-refractivity contribution in [3.8, 4) is 0 Å². The number of benzene rings is 1. The Bertz CT molecular complexity index is 822. The molecule has 9 heteroatoms. The number of carbonyl (C=O) groups excluding carboxylic acids is 2. The molecule has 1 unspecified atom stereocenters. The maximum absolute atomic E-state index is 12.8. The fraction of sp³-hybridized carbons (Fsp3) is 0.529. The second kappa shape index (κ2) is 6.98. The Morgan fingerprint density at radius 1 is 1.42 bits per heavy atom. The predicted octanol–water partition coefficient (Wildman–Crippen LogP) is -0.336. The van der Waals surface area contributed by atoms with Crippen LogP contribution in [0.25, 0.3) is 0 Å². The van der Waals surface area contributed by atoms with Gasteiger partial charge in [-0.25, -0.2) is 8.42 Å². The Kier molecular flexibility index (Phi) is 5.05. The highest BCUT2D eigenvalue weighted by Gasteiger charge is 2.41. The lowest BCUT2D eigenvalue weighted by Crippen LogP contribution is -2.53. The molecule has 8 nitrogen and oxygen atoms in total. The van der Waals surface area contributed by atoms with E-state index in [0.717, 1.165) is 17.1 Å². The number of amides is 2. The van der Waals surface area contributed by atoms with Gasteiger partial charge in [-0.1, -0.05) is 6.07 Å². The number of nitrogens with one attached hydrogen (secondary N) is 2. The van der Waals surface area contributed by atoms with Crippen LogP contribution in [0.15, 0.2) is 29.2 Å². The van der Waals surface area contributed by atoms with Gasteiger partial charge in [-0.3, -0.25) is 9.59 Å². The molecular formula is C17H24N4O4S. The van der Waals surface area contributed by atoms with Crippen LogP contribution in [0.1, 0.15) is 30.1 Å². The van der Waals surface area contributed by atoms with Gasteiger partial charge in [-0.2, -0.15) is 4.31 Å². The average Bonchev–Trinajstić information content (AvgIpc) is 3.47. The number of nitrogens with two attached hydrogens (primary N) is 1. The molecule has 1 atom stereocenters. The molecular weight excluding hydrogens is 356 g/mol. The highest BCUT2D eigenvalue weighted by atomic mass is 32.2. The second-order valence-corrected chi connectivity index (χ2v) is 9.00. The Labute approximate surface area is 153 Å². The monoisotopic (exact) mass is 380 g/mol. The molecule has 0 spiro atoms. The molecule has 1 aromatic carbocycles. The zero-order valence-corrected chi connectivity index (χ0v) is 15.5. The third-order valence-electron chi connectivity index (χ3n) is 5.04. The lowest BCUT2D eigenvalue weighted by Gasteiger charge is -2.29. The second-order valence-electron chi connectivity index (χ2n) is 7.07. The maximum Gasteiger partial charge on any atom is 0.251 e. The quantitative estimate of drug-likeness (QED) is 0.624. The van der Waals surface area contributed by atoms with Gasteiger partial charge in [-0.15, -0.1) is 0 Å². The molecule has 1 aliphatic heterocycles. The zero-order chi connectivity index (χ0) is 18.9. The lowest BCUT2D eigenvalue weighted by atomic mass is 9.95. The molecule has 2 amide bonds. The van der Waals surface area contributed by atoms with Gasteiger partial charge >= 0.3 is 0 Å². The van der Waals surface area contributed by atoms with Crippen LogP contribution in [0.3, 0.4) is 0 Å². The van der Waals surface area contributed by atoms with E-state index in [9.17, 15) is 18.0 Å². The number of sulfonamides is 1. The van der Waals surface area contributed by atoms with Crippen molar-refractivity contribution in [2.24, 2.45) is 11.7 Å². The van der Waals surface area contributed by atoms with Crippen molar-refractivity contribution in [3.05, 3.63) is 29.8 Å². The molecule has 1 saturated heterocycles. The Balaban J connectivity index is 1.81. The van der Waals surface area contributed by atoms with Crippen LogP contribution in [0, 0.1) is 5.92 Å². The first-order chi connectivity index (χ1) is 12.3. The van der Waals surface area contributed by atoms with E-state index in [4.69, 9.17) is 5.73 Å². The predicted molar refractivity (Wildman–Crippen MR) is 95.9 cm³/mol. The standard InChI is InChI=1S/C17H24N4O4S/c1-17(11-18,13-5-6-13)20-16(23)12-3-2-4-14(9-12)26(24,25)21-8-7-19-15(22)10-21/h2-4,9,13H,5-8,10-11,18H2,1H3,(H,19,22)(H,20,23). The van der Waals surface area contributed by atoms with Crippen molar-refractivity contribution >= 4 is 21.8 Å². The molecule has 2 aliphatic rings. The van der Waals surface area contributed by atoms with E-state index in [2.05, 4.69) is 10.6 Å². The highest BCUT2D eigenvalue weighted by molar-refractivity contribution is 7.89. The van der Waals surface area contributed by atoms with Crippen molar-refractivity contribution in [2.75, 3.05) is 26.2 Å². The van der Waals surface area contributed by atoms with Crippen LogP contribution in [0.2, 0.25) is 0 Å². The first-order valence-electron chi connectivity index (χ1n) is 8.66. The molecule has 1 aliphatic carbocycles. The van der Waals surface area contributed by atoms with E-state index < -0.39 is 15.6 Å². The van der Waals surface area contributed by atoms with E-state index in [1.165, 1.54) is 18.2 Å². The Hall–Kier alpha value is -1.97. The summed E-state index contributed by atoms with van der Waals surface area (Å²) in [6.07, 6.45) is 2.05. The van der Waals surface area contributed by atoms with E-state index in [1.54, 1.807) is 6.07 Å². The summed E-state index contributed by atoms with van der Waals surface area (Å²) >= 11 is 0.